The molecule has 0 spiro atoms. The molecule has 1 aliphatic rings. The van der Waals surface area contributed by atoms with Crippen molar-refractivity contribution in [2.24, 2.45) is 11.8 Å². The maximum absolute atomic E-state index is 5.63. The number of nitrogens with two attached hydrogens (primary N) is 1. The van der Waals surface area contributed by atoms with Gasteiger partial charge in [0.15, 0.2) is 0 Å². The summed E-state index contributed by atoms with van der Waals surface area (Å²) in [6.07, 6.45) is 6.41. The predicted molar refractivity (Wildman–Crippen MR) is 67.8 cm³/mol. The van der Waals surface area contributed by atoms with Gasteiger partial charge in [0.1, 0.15) is 0 Å². The van der Waals surface area contributed by atoms with Crippen LogP contribution in [0.15, 0.2) is 24.3 Å². The van der Waals surface area contributed by atoms with E-state index in [9.17, 15) is 0 Å². The van der Waals surface area contributed by atoms with Crippen LogP contribution in [0.2, 0.25) is 0 Å². The third-order valence-corrected chi connectivity index (χ3v) is 3.55. The summed E-state index contributed by atoms with van der Waals surface area (Å²) < 4.78 is 0. The molecule has 1 saturated carbocycles. The number of rotatable bonds is 6. The summed E-state index contributed by atoms with van der Waals surface area (Å²) in [5.41, 5.74) is 5.65. The molecule has 2 nitrogen and oxygen atoms in total. The van der Waals surface area contributed by atoms with Crippen molar-refractivity contribution in [1.82, 2.24) is 5.43 Å². The first-order valence-corrected chi connectivity index (χ1v) is 6.38. The fourth-order valence-corrected chi connectivity index (χ4v) is 2.14. The van der Waals surface area contributed by atoms with Gasteiger partial charge in [-0.3, -0.25) is 11.3 Å². The maximum Gasteiger partial charge on any atom is 0.0460 e. The SMILES string of the molecule is CCc1ccc(C(CCC2CC2)NN)cc1. The Labute approximate surface area is 98.2 Å². The second kappa shape index (κ2) is 5.46. The van der Waals surface area contributed by atoms with E-state index in [1.807, 2.05) is 0 Å². The van der Waals surface area contributed by atoms with Crippen molar-refractivity contribution >= 4 is 0 Å². The summed E-state index contributed by atoms with van der Waals surface area (Å²) in [6, 6.07) is 9.15. The van der Waals surface area contributed by atoms with Gasteiger partial charge in [-0.2, -0.15) is 0 Å². The Kier molecular flexibility index (Phi) is 3.97. The van der Waals surface area contributed by atoms with Crippen molar-refractivity contribution in [1.29, 1.82) is 0 Å². The molecule has 1 aliphatic carbocycles. The van der Waals surface area contributed by atoms with Crippen molar-refractivity contribution in [2.75, 3.05) is 0 Å². The summed E-state index contributed by atoms with van der Waals surface area (Å²) in [6.45, 7) is 2.18. The zero-order valence-corrected chi connectivity index (χ0v) is 10.1. The highest BCUT2D eigenvalue weighted by Gasteiger charge is 2.22. The highest BCUT2D eigenvalue weighted by atomic mass is 15.2. The second-order valence-corrected chi connectivity index (χ2v) is 4.84. The van der Waals surface area contributed by atoms with Crippen LogP contribution in [0.5, 0.6) is 0 Å². The molecule has 0 aromatic heterocycles. The van der Waals surface area contributed by atoms with Crippen LogP contribution in [-0.2, 0) is 6.42 Å². The van der Waals surface area contributed by atoms with Crippen molar-refractivity contribution in [3.8, 4) is 0 Å². The molecular formula is C14H22N2. The molecule has 1 atom stereocenters. The summed E-state index contributed by atoms with van der Waals surface area (Å²) in [5, 5.41) is 0. The number of nitrogens with one attached hydrogen (secondary N) is 1. The molecule has 1 aromatic rings. The van der Waals surface area contributed by atoms with Crippen LogP contribution < -0.4 is 11.3 Å². The monoisotopic (exact) mass is 218 g/mol. The molecule has 1 aromatic carbocycles. The molecule has 0 bridgehead atoms. The van der Waals surface area contributed by atoms with Crippen molar-refractivity contribution in [2.45, 2.75) is 45.1 Å². The summed E-state index contributed by atoms with van der Waals surface area (Å²) in [4.78, 5) is 0. The highest BCUT2D eigenvalue weighted by molar-refractivity contribution is 5.24. The normalized spacial score (nSPS) is 17.4. The average Bonchev–Trinajstić information content (AvgIpc) is 3.15. The van der Waals surface area contributed by atoms with Crippen LogP contribution in [0.3, 0.4) is 0 Å². The van der Waals surface area contributed by atoms with E-state index in [0.29, 0.717) is 6.04 Å². The molecule has 16 heavy (non-hydrogen) atoms. The van der Waals surface area contributed by atoms with Gasteiger partial charge in [-0.05, 0) is 36.3 Å². The minimum Gasteiger partial charge on any atom is -0.271 e. The third kappa shape index (κ3) is 3.06. The van der Waals surface area contributed by atoms with Gasteiger partial charge in [0.2, 0.25) is 0 Å². The molecule has 0 heterocycles. The molecule has 0 radical (unpaired) electrons. The van der Waals surface area contributed by atoms with Crippen LogP contribution >= 0.6 is 0 Å². The third-order valence-electron chi connectivity index (χ3n) is 3.55. The first kappa shape index (κ1) is 11.6. The minimum absolute atomic E-state index is 0.325. The lowest BCUT2D eigenvalue weighted by atomic mass is 9.99. The molecule has 2 rings (SSSR count). The van der Waals surface area contributed by atoms with E-state index in [0.717, 1.165) is 18.8 Å². The average molecular weight is 218 g/mol. The molecule has 1 fully saturated rings. The fraction of sp³-hybridized carbons (Fsp3) is 0.571. The molecule has 0 amide bonds. The first-order chi connectivity index (χ1) is 7.83. The van der Waals surface area contributed by atoms with Gasteiger partial charge >= 0.3 is 0 Å². The summed E-state index contributed by atoms with van der Waals surface area (Å²) in [5.74, 6) is 6.61. The Morgan fingerprint density at radius 1 is 1.31 bits per heavy atom. The summed E-state index contributed by atoms with van der Waals surface area (Å²) >= 11 is 0. The largest absolute Gasteiger partial charge is 0.271 e. The standard InChI is InChI=1S/C14H22N2/c1-2-11-5-8-13(9-6-11)14(16-15)10-7-12-3-4-12/h5-6,8-9,12,14,16H,2-4,7,10,15H2,1H3. The zero-order valence-electron chi connectivity index (χ0n) is 10.1. The minimum atomic E-state index is 0.325. The van der Waals surface area contributed by atoms with E-state index in [1.165, 1.54) is 30.4 Å². The zero-order chi connectivity index (χ0) is 11.4. The smallest absolute Gasteiger partial charge is 0.0460 e. The second-order valence-electron chi connectivity index (χ2n) is 4.84. The first-order valence-electron chi connectivity index (χ1n) is 6.38. The lowest BCUT2D eigenvalue weighted by Crippen LogP contribution is -2.28. The van der Waals surface area contributed by atoms with Gasteiger partial charge in [-0.15, -0.1) is 0 Å². The van der Waals surface area contributed by atoms with Crippen LogP contribution in [0.25, 0.3) is 0 Å². The van der Waals surface area contributed by atoms with Gasteiger partial charge in [-0.1, -0.05) is 44.0 Å². The Morgan fingerprint density at radius 2 is 2.00 bits per heavy atom. The van der Waals surface area contributed by atoms with Crippen LogP contribution in [0.4, 0.5) is 0 Å². The fourth-order valence-electron chi connectivity index (χ4n) is 2.14. The molecule has 88 valence electrons. The molecule has 0 saturated heterocycles. The lowest BCUT2D eigenvalue weighted by molar-refractivity contribution is 0.482. The number of benzene rings is 1. The van der Waals surface area contributed by atoms with E-state index in [1.54, 1.807) is 0 Å². The Balaban J connectivity index is 1.94. The predicted octanol–water partition coefficient (Wildman–Crippen LogP) is 2.94. The summed E-state index contributed by atoms with van der Waals surface area (Å²) in [7, 11) is 0. The number of hydrogen-bond donors (Lipinski definition) is 2. The van der Waals surface area contributed by atoms with E-state index in [-0.39, 0.29) is 0 Å². The number of aryl methyl sites for hydroxylation is 1. The number of hydrogen-bond acceptors (Lipinski definition) is 2. The molecule has 1 unspecified atom stereocenters. The number of hydrazine groups is 1. The quantitative estimate of drug-likeness (QED) is 0.569. The van der Waals surface area contributed by atoms with Crippen molar-refractivity contribution in [3.63, 3.8) is 0 Å². The van der Waals surface area contributed by atoms with Gasteiger partial charge < -0.3 is 0 Å². The molecule has 0 aliphatic heterocycles. The van der Waals surface area contributed by atoms with Crippen LogP contribution in [0, 0.1) is 5.92 Å². The Morgan fingerprint density at radius 3 is 2.50 bits per heavy atom. The van der Waals surface area contributed by atoms with E-state index < -0.39 is 0 Å². The molecular weight excluding hydrogens is 196 g/mol. The van der Waals surface area contributed by atoms with E-state index in [4.69, 9.17) is 5.84 Å². The van der Waals surface area contributed by atoms with Crippen molar-refractivity contribution < 1.29 is 0 Å². The van der Waals surface area contributed by atoms with Gasteiger partial charge in [-0.25, -0.2) is 0 Å². The molecule has 2 heteroatoms. The van der Waals surface area contributed by atoms with E-state index in [2.05, 4.69) is 36.6 Å². The van der Waals surface area contributed by atoms with Gasteiger partial charge in [0.25, 0.3) is 0 Å². The Hall–Kier alpha value is -0.860. The topological polar surface area (TPSA) is 38.0 Å². The van der Waals surface area contributed by atoms with E-state index >= 15 is 0 Å². The lowest BCUT2D eigenvalue weighted by Gasteiger charge is -2.16. The van der Waals surface area contributed by atoms with Crippen molar-refractivity contribution in [3.05, 3.63) is 35.4 Å². The highest BCUT2D eigenvalue weighted by Crippen LogP contribution is 2.35. The Bertz CT molecular complexity index is 314. The van der Waals surface area contributed by atoms with Gasteiger partial charge in [0, 0.05) is 6.04 Å². The van der Waals surface area contributed by atoms with Crippen LogP contribution in [0.1, 0.15) is 49.8 Å². The maximum atomic E-state index is 5.63. The molecule has 3 N–H and O–H groups in total. The van der Waals surface area contributed by atoms with Crippen LogP contribution in [-0.4, -0.2) is 0 Å². The van der Waals surface area contributed by atoms with Gasteiger partial charge in [0.05, 0.1) is 0 Å².